The molecule has 51 heavy (non-hydrogen) atoms. The number of fused-ring (bicyclic) bond motifs is 2. The Kier molecular flexibility index (Phi) is 11.1. The molecule has 6 rings (SSSR count). The molecule has 3 aromatic rings. The van der Waals surface area contributed by atoms with Crippen molar-refractivity contribution in [3.63, 3.8) is 0 Å². The summed E-state index contributed by atoms with van der Waals surface area (Å²) in [6.45, 7) is 4.35. The van der Waals surface area contributed by atoms with Gasteiger partial charge in [-0.15, -0.1) is 0 Å². The number of sulfonamides is 1. The number of carbonyl (C=O) groups excluding carboxylic acids is 2. The summed E-state index contributed by atoms with van der Waals surface area (Å²) < 4.78 is 46.8. The average Bonchev–Trinajstić information content (AvgIpc) is 3.80. The van der Waals surface area contributed by atoms with Gasteiger partial charge in [-0.25, -0.2) is 13.2 Å². The maximum atomic E-state index is 14.3. The molecule has 0 aromatic heterocycles. The zero-order valence-corrected chi connectivity index (χ0v) is 30.1. The monoisotopic (exact) mass is 718 g/mol. The molecule has 3 aromatic carbocycles. The summed E-state index contributed by atoms with van der Waals surface area (Å²) in [6, 6.07) is 20.7. The first-order valence-electron chi connectivity index (χ1n) is 17.3. The third kappa shape index (κ3) is 8.45. The minimum Gasteiger partial charge on any atom is -0.443 e. The van der Waals surface area contributed by atoms with Crippen LogP contribution in [0.1, 0.15) is 37.0 Å². The molecule has 5 atom stereocenters. The van der Waals surface area contributed by atoms with Crippen LogP contribution in [0.15, 0.2) is 77.7 Å². The van der Waals surface area contributed by atoms with Crippen molar-refractivity contribution in [2.24, 2.45) is 11.8 Å². The van der Waals surface area contributed by atoms with Crippen molar-refractivity contribution in [2.45, 2.75) is 56.1 Å². The zero-order valence-electron chi connectivity index (χ0n) is 29.3. The molecule has 2 saturated heterocycles. The number of hydrogen-bond donors (Lipinski definition) is 3. The molecular formula is C38H46N4O8S. The molecule has 3 aliphatic rings. The van der Waals surface area contributed by atoms with Crippen LogP contribution in [0.2, 0.25) is 0 Å². The van der Waals surface area contributed by atoms with E-state index in [1.807, 2.05) is 87.4 Å². The fourth-order valence-corrected chi connectivity index (χ4v) is 8.34. The third-order valence-electron chi connectivity index (χ3n) is 9.40. The van der Waals surface area contributed by atoms with Crippen LogP contribution in [0, 0.1) is 11.8 Å². The van der Waals surface area contributed by atoms with Gasteiger partial charge in [-0.05, 0) is 66.3 Å². The van der Waals surface area contributed by atoms with Crippen molar-refractivity contribution in [1.29, 1.82) is 0 Å². The van der Waals surface area contributed by atoms with Crippen molar-refractivity contribution in [2.75, 3.05) is 50.6 Å². The van der Waals surface area contributed by atoms with Crippen molar-refractivity contribution in [3.8, 4) is 0 Å². The fraction of sp³-hybridized carbons (Fsp3) is 0.421. The first-order chi connectivity index (χ1) is 24.4. The lowest BCUT2D eigenvalue weighted by Gasteiger charge is -2.31. The summed E-state index contributed by atoms with van der Waals surface area (Å²) in [7, 11) is -0.292. The van der Waals surface area contributed by atoms with E-state index in [1.54, 1.807) is 12.1 Å². The highest BCUT2D eigenvalue weighted by atomic mass is 32.2. The van der Waals surface area contributed by atoms with E-state index >= 15 is 0 Å². The summed E-state index contributed by atoms with van der Waals surface area (Å²) >= 11 is 0. The molecule has 0 bridgehead atoms. The Morgan fingerprint density at radius 1 is 1.06 bits per heavy atom. The Balaban J connectivity index is 1.24. The highest BCUT2D eigenvalue weighted by Gasteiger charge is 2.44. The van der Waals surface area contributed by atoms with Crippen LogP contribution < -0.4 is 15.5 Å². The number of anilines is 2. The van der Waals surface area contributed by atoms with E-state index in [0.717, 1.165) is 23.2 Å². The maximum absolute atomic E-state index is 14.3. The number of nitrogens with zero attached hydrogens (tertiary/aromatic N) is 2. The largest absolute Gasteiger partial charge is 0.443 e. The van der Waals surface area contributed by atoms with E-state index < -0.39 is 40.7 Å². The Morgan fingerprint density at radius 3 is 2.51 bits per heavy atom. The van der Waals surface area contributed by atoms with E-state index in [9.17, 15) is 23.1 Å². The number of alkyl carbamates (subject to hydrolysis) is 1. The van der Waals surface area contributed by atoms with Gasteiger partial charge in [-0.2, -0.15) is 4.31 Å². The molecule has 3 aliphatic heterocycles. The van der Waals surface area contributed by atoms with Gasteiger partial charge in [0, 0.05) is 49.7 Å². The lowest BCUT2D eigenvalue weighted by molar-refractivity contribution is -0.110. The fourth-order valence-electron chi connectivity index (χ4n) is 6.69. The van der Waals surface area contributed by atoms with Crippen molar-refractivity contribution >= 4 is 45.0 Å². The number of rotatable bonds is 13. The molecule has 2 amide bonds. The molecule has 3 unspecified atom stereocenters. The van der Waals surface area contributed by atoms with E-state index in [2.05, 4.69) is 10.6 Å². The van der Waals surface area contributed by atoms with E-state index in [1.165, 1.54) is 16.4 Å². The van der Waals surface area contributed by atoms with Gasteiger partial charge in [0.2, 0.25) is 10.0 Å². The second kappa shape index (κ2) is 15.5. The molecule has 272 valence electrons. The van der Waals surface area contributed by atoms with Crippen molar-refractivity contribution in [1.82, 2.24) is 9.62 Å². The van der Waals surface area contributed by atoms with Gasteiger partial charge in [-0.3, -0.25) is 4.79 Å². The molecule has 0 spiro atoms. The molecule has 12 nitrogen and oxygen atoms in total. The van der Waals surface area contributed by atoms with E-state index in [4.69, 9.17) is 14.2 Å². The number of ether oxygens (including phenoxy) is 3. The number of amides is 2. The zero-order chi connectivity index (χ0) is 36.3. The lowest BCUT2D eigenvalue weighted by atomic mass is 10.0. The van der Waals surface area contributed by atoms with Gasteiger partial charge < -0.3 is 34.9 Å². The summed E-state index contributed by atoms with van der Waals surface area (Å²) in [5.41, 5.74) is 3.99. The Labute approximate surface area is 299 Å². The minimum atomic E-state index is -4.18. The standard InChI is InChI=1S/C38H46N4O8S/c1-24(2)21-42(22-34(43)33(19-25-8-6-5-7-9-25)40-38(45)50-35-23-49-37-29(35)16-17-48-37)51(46,47)28-14-15-32-30(20-28)31(36(44)39-32)18-26-10-12-27(13-11-26)41(3)4/h5-15,18,20,24,29,33-35,37,43H,16-17,19,21-23H2,1-4H3,(H,39,44)(H,40,45)/b31-18-/t29?,33-,34+,35?,37?/m0/s1. The summed E-state index contributed by atoms with van der Waals surface area (Å²) in [5.74, 6) is -0.469. The quantitative estimate of drug-likeness (QED) is 0.220. The van der Waals surface area contributed by atoms with Crippen LogP contribution in [0.5, 0.6) is 0 Å². The van der Waals surface area contributed by atoms with Crippen LogP contribution in [-0.2, 0) is 35.4 Å². The predicted molar refractivity (Wildman–Crippen MR) is 194 cm³/mol. The SMILES string of the molecule is CC(C)CN(C[C@@H](O)[C@H](Cc1ccccc1)NC(=O)OC1COC2OCCC12)S(=O)(=O)c1ccc2c(c1)/C(=C/c1ccc(N(C)C)cc1)C(=O)N2. The van der Waals surface area contributed by atoms with Gasteiger partial charge in [-0.1, -0.05) is 56.3 Å². The maximum Gasteiger partial charge on any atom is 0.407 e. The Morgan fingerprint density at radius 2 is 1.80 bits per heavy atom. The topological polar surface area (TPSA) is 147 Å². The second-order valence-electron chi connectivity index (χ2n) is 13.9. The summed E-state index contributed by atoms with van der Waals surface area (Å²) in [6.07, 6.45) is -0.204. The van der Waals surface area contributed by atoms with Crippen LogP contribution in [0.3, 0.4) is 0 Å². The first kappa shape index (κ1) is 36.5. The third-order valence-corrected chi connectivity index (χ3v) is 11.2. The number of hydrogen-bond acceptors (Lipinski definition) is 9. The highest BCUT2D eigenvalue weighted by Crippen LogP contribution is 2.36. The van der Waals surface area contributed by atoms with Crippen LogP contribution in [0.25, 0.3) is 11.6 Å². The number of nitrogens with one attached hydrogen (secondary N) is 2. The minimum absolute atomic E-state index is 0.0130. The summed E-state index contributed by atoms with van der Waals surface area (Å²) in [4.78, 5) is 28.2. The van der Waals surface area contributed by atoms with Crippen LogP contribution >= 0.6 is 0 Å². The van der Waals surface area contributed by atoms with Crippen LogP contribution in [0.4, 0.5) is 16.2 Å². The number of aliphatic hydroxyl groups excluding tert-OH is 1. The van der Waals surface area contributed by atoms with Crippen molar-refractivity contribution < 1.29 is 37.3 Å². The molecule has 3 N–H and O–H groups in total. The lowest BCUT2D eigenvalue weighted by Crippen LogP contribution is -2.51. The highest BCUT2D eigenvalue weighted by molar-refractivity contribution is 7.89. The normalized spacial score (nSPS) is 21.7. The number of benzene rings is 3. The molecule has 0 saturated carbocycles. The Hall–Kier alpha value is -4.27. The van der Waals surface area contributed by atoms with Gasteiger partial charge in [0.25, 0.3) is 5.91 Å². The molecule has 0 aliphatic carbocycles. The van der Waals surface area contributed by atoms with Gasteiger partial charge >= 0.3 is 6.09 Å². The molecular weight excluding hydrogens is 673 g/mol. The molecule has 13 heteroatoms. The molecule has 3 heterocycles. The molecule has 0 radical (unpaired) electrons. The number of carbonyl (C=O) groups is 2. The van der Waals surface area contributed by atoms with Gasteiger partial charge in [0.05, 0.1) is 36.2 Å². The number of aliphatic hydroxyl groups is 1. The van der Waals surface area contributed by atoms with E-state index in [-0.39, 0.29) is 48.8 Å². The predicted octanol–water partition coefficient (Wildman–Crippen LogP) is 4.35. The van der Waals surface area contributed by atoms with Crippen LogP contribution in [-0.4, -0.2) is 94.8 Å². The Bertz CT molecular complexity index is 1850. The van der Waals surface area contributed by atoms with Gasteiger partial charge in [0.1, 0.15) is 6.10 Å². The second-order valence-corrected chi connectivity index (χ2v) is 15.8. The average molecular weight is 719 g/mol. The smallest absolute Gasteiger partial charge is 0.407 e. The van der Waals surface area contributed by atoms with Crippen molar-refractivity contribution in [3.05, 3.63) is 89.5 Å². The summed E-state index contributed by atoms with van der Waals surface area (Å²) in [5, 5.41) is 17.3. The molecule has 2 fully saturated rings. The van der Waals surface area contributed by atoms with E-state index in [0.29, 0.717) is 23.4 Å². The van der Waals surface area contributed by atoms with Gasteiger partial charge in [0.15, 0.2) is 6.29 Å². The first-order valence-corrected chi connectivity index (χ1v) is 18.7.